The number of rotatable bonds is 12. The molecule has 2 atom stereocenters. The zero-order valence-corrected chi connectivity index (χ0v) is 28.6. The Hall–Kier alpha value is -4.62. The summed E-state index contributed by atoms with van der Waals surface area (Å²) in [6, 6.07) is 19.8. The Morgan fingerprint density at radius 1 is 1.04 bits per heavy atom. The molecule has 0 fully saturated rings. The molecule has 1 heterocycles. The van der Waals surface area contributed by atoms with Crippen LogP contribution in [0.5, 0.6) is 0 Å². The van der Waals surface area contributed by atoms with Gasteiger partial charge >= 0.3 is 18.0 Å². The number of anilines is 1. The first-order chi connectivity index (χ1) is 22.6. The number of halogens is 1. The maximum absolute atomic E-state index is 14.2. The highest BCUT2D eigenvalue weighted by Gasteiger charge is 2.39. The van der Waals surface area contributed by atoms with Crippen LogP contribution in [0.4, 0.5) is 10.5 Å². The van der Waals surface area contributed by atoms with Crippen LogP contribution in [0.15, 0.2) is 77.7 Å². The lowest BCUT2D eigenvalue weighted by Gasteiger charge is -2.29. The fourth-order valence-corrected chi connectivity index (χ4v) is 6.93. The molecule has 48 heavy (non-hydrogen) atoms. The van der Waals surface area contributed by atoms with Gasteiger partial charge in [-0.3, -0.25) is 24.8 Å². The monoisotopic (exact) mass is 699 g/mol. The topological polar surface area (TPSA) is 160 Å². The zero-order valence-electron chi connectivity index (χ0n) is 27.0. The average Bonchev–Trinajstić information content (AvgIpc) is 3.33. The largest absolute Gasteiger partial charge is 0.481 e. The Labute approximate surface area is 284 Å². The van der Waals surface area contributed by atoms with E-state index in [4.69, 9.17) is 21.1 Å². The van der Waals surface area contributed by atoms with Gasteiger partial charge in [0.2, 0.25) is 0 Å². The fraction of sp³-hybridized carbons (Fsp3) is 0.353. The van der Waals surface area contributed by atoms with Gasteiger partial charge in [-0.05, 0) is 75.9 Å². The number of fused-ring (bicyclic) bond motifs is 1. The van der Waals surface area contributed by atoms with Crippen molar-refractivity contribution in [3.63, 3.8) is 0 Å². The van der Waals surface area contributed by atoms with Gasteiger partial charge in [-0.15, -0.1) is 0 Å². The number of nitrogens with one attached hydrogen (secondary N) is 1. The van der Waals surface area contributed by atoms with Crippen LogP contribution in [0.2, 0.25) is 5.02 Å². The van der Waals surface area contributed by atoms with Crippen LogP contribution in [0.1, 0.15) is 62.0 Å². The van der Waals surface area contributed by atoms with Gasteiger partial charge in [-0.2, -0.15) is 4.31 Å². The molecule has 4 rings (SSSR count). The summed E-state index contributed by atoms with van der Waals surface area (Å²) < 4.78 is 39.6. The van der Waals surface area contributed by atoms with E-state index in [1.54, 1.807) is 35.3 Å². The number of carboxylic acid groups (broad SMARTS) is 1. The quantitative estimate of drug-likeness (QED) is 0.228. The van der Waals surface area contributed by atoms with E-state index in [-0.39, 0.29) is 29.7 Å². The van der Waals surface area contributed by atoms with Crippen LogP contribution < -0.4 is 10.4 Å². The van der Waals surface area contributed by atoms with Crippen molar-refractivity contribution in [2.45, 2.75) is 70.1 Å². The third kappa shape index (κ3) is 9.04. The van der Waals surface area contributed by atoms with Gasteiger partial charge in [0.25, 0.3) is 15.9 Å². The fourth-order valence-electron chi connectivity index (χ4n) is 5.08. The van der Waals surface area contributed by atoms with E-state index in [0.717, 1.165) is 17.3 Å². The van der Waals surface area contributed by atoms with Crippen LogP contribution in [-0.4, -0.2) is 60.0 Å². The molecule has 0 spiro atoms. The van der Waals surface area contributed by atoms with Crippen molar-refractivity contribution in [2.24, 2.45) is 5.92 Å². The number of aliphatic carboxylic acids is 1. The minimum Gasteiger partial charge on any atom is -0.481 e. The van der Waals surface area contributed by atoms with Gasteiger partial charge in [0, 0.05) is 12.0 Å². The normalized spacial score (nSPS) is 14.9. The summed E-state index contributed by atoms with van der Waals surface area (Å²) in [4.78, 5) is 51.0. The molecule has 256 valence electrons. The molecule has 2 N–H and O–H groups in total. The molecule has 0 saturated carbocycles. The second-order valence-electron chi connectivity index (χ2n) is 12.4. The van der Waals surface area contributed by atoms with Crippen LogP contribution in [0.25, 0.3) is 0 Å². The third-order valence-electron chi connectivity index (χ3n) is 7.44. The number of esters is 1. The molecule has 2 unspecified atom stereocenters. The lowest BCUT2D eigenvalue weighted by molar-refractivity contribution is -0.150. The van der Waals surface area contributed by atoms with E-state index in [1.165, 1.54) is 32.9 Å². The molecule has 1 aliphatic heterocycles. The van der Waals surface area contributed by atoms with Crippen molar-refractivity contribution >= 4 is 51.3 Å². The SMILES string of the molecule is CC1Cc2ccccc2N1NC(=O)c1ccc(Cl)c(S(=O)(=O)N(CC(CCC(=O)O)C(=O)OCc2ccccc2)C(=O)OC(C)(C)C)c1. The Balaban J connectivity index is 1.66. The number of hydrogen-bond acceptors (Lipinski definition) is 9. The predicted octanol–water partition coefficient (Wildman–Crippen LogP) is 5.59. The molecule has 3 aromatic carbocycles. The van der Waals surface area contributed by atoms with Crippen molar-refractivity contribution < 1.29 is 42.2 Å². The average molecular weight is 700 g/mol. The van der Waals surface area contributed by atoms with Crippen molar-refractivity contribution in [3.8, 4) is 0 Å². The highest BCUT2D eigenvalue weighted by atomic mass is 35.5. The zero-order chi connectivity index (χ0) is 35.2. The van der Waals surface area contributed by atoms with Gasteiger partial charge in [0.05, 0.1) is 29.2 Å². The maximum Gasteiger partial charge on any atom is 0.424 e. The van der Waals surface area contributed by atoms with E-state index in [2.05, 4.69) is 5.43 Å². The van der Waals surface area contributed by atoms with Crippen LogP contribution in [-0.2, 0) is 42.1 Å². The summed E-state index contributed by atoms with van der Waals surface area (Å²) >= 11 is 6.38. The number of benzene rings is 3. The smallest absolute Gasteiger partial charge is 0.424 e. The molecular formula is C34H38ClN3O9S. The second-order valence-corrected chi connectivity index (χ2v) is 14.6. The predicted molar refractivity (Wildman–Crippen MR) is 178 cm³/mol. The highest BCUT2D eigenvalue weighted by Crippen LogP contribution is 2.32. The number of ether oxygens (including phenoxy) is 2. The molecule has 0 bridgehead atoms. The lowest BCUT2D eigenvalue weighted by atomic mass is 10.0. The summed E-state index contributed by atoms with van der Waals surface area (Å²) in [5.74, 6) is -4.16. The van der Waals surface area contributed by atoms with Gasteiger partial charge in [-0.1, -0.05) is 60.1 Å². The Bertz CT molecular complexity index is 1780. The van der Waals surface area contributed by atoms with Crippen molar-refractivity contribution in [2.75, 3.05) is 11.6 Å². The Morgan fingerprint density at radius 2 is 1.71 bits per heavy atom. The number of carbonyl (C=O) groups excluding carboxylic acids is 3. The van der Waals surface area contributed by atoms with Gasteiger partial charge < -0.3 is 14.6 Å². The number of carboxylic acids is 1. The minimum absolute atomic E-state index is 0.0663. The highest BCUT2D eigenvalue weighted by molar-refractivity contribution is 7.89. The van der Waals surface area contributed by atoms with E-state index in [9.17, 15) is 32.7 Å². The first-order valence-corrected chi connectivity index (χ1v) is 17.0. The molecular weight excluding hydrogens is 662 g/mol. The second kappa shape index (κ2) is 15.1. The van der Waals surface area contributed by atoms with Gasteiger partial charge in [0.15, 0.2) is 0 Å². The number of hydrogen-bond donors (Lipinski definition) is 2. The summed E-state index contributed by atoms with van der Waals surface area (Å²) in [6.45, 7) is 5.55. The van der Waals surface area contributed by atoms with Crippen LogP contribution >= 0.6 is 11.6 Å². The van der Waals surface area contributed by atoms with Gasteiger partial charge in [-0.25, -0.2) is 13.2 Å². The molecule has 2 amide bonds. The van der Waals surface area contributed by atoms with E-state index >= 15 is 0 Å². The Kier molecular flexibility index (Phi) is 11.4. The maximum atomic E-state index is 14.2. The summed E-state index contributed by atoms with van der Waals surface area (Å²) in [5.41, 5.74) is 4.10. The van der Waals surface area contributed by atoms with Crippen molar-refractivity contribution in [3.05, 3.63) is 94.5 Å². The van der Waals surface area contributed by atoms with Crippen LogP contribution in [0.3, 0.4) is 0 Å². The third-order valence-corrected chi connectivity index (χ3v) is 9.65. The number of amides is 2. The standard InChI is InChI=1S/C34H38ClN3O9S/c1-22-18-24-12-8-9-13-28(24)38(22)36-31(41)25-14-16-27(35)29(19-25)48(44,45)37(33(43)47-34(2,3)4)20-26(15-17-30(39)40)32(42)46-21-23-10-6-5-7-11-23/h5-14,16,19,22,26H,15,17-18,20-21H2,1-4H3,(H,36,41)(H,39,40). The molecule has 1 aliphatic rings. The summed E-state index contributed by atoms with van der Waals surface area (Å²) in [7, 11) is -4.90. The number of hydrazine groups is 1. The first-order valence-electron chi connectivity index (χ1n) is 15.2. The molecule has 0 radical (unpaired) electrons. The van der Waals surface area contributed by atoms with Crippen molar-refractivity contribution in [1.29, 1.82) is 0 Å². The molecule has 14 heteroatoms. The van der Waals surface area contributed by atoms with E-state index in [0.29, 0.717) is 16.3 Å². The van der Waals surface area contributed by atoms with Crippen molar-refractivity contribution in [1.82, 2.24) is 9.73 Å². The summed E-state index contributed by atoms with van der Waals surface area (Å²) in [5, 5.41) is 10.7. The molecule has 0 aromatic heterocycles. The lowest BCUT2D eigenvalue weighted by Crippen LogP contribution is -2.46. The van der Waals surface area contributed by atoms with E-state index in [1.807, 2.05) is 31.2 Å². The molecule has 0 aliphatic carbocycles. The molecule has 12 nitrogen and oxygen atoms in total. The number of sulfonamides is 1. The molecule has 3 aromatic rings. The minimum atomic E-state index is -4.90. The number of nitrogens with zero attached hydrogens (tertiary/aromatic N) is 2. The van der Waals surface area contributed by atoms with E-state index < -0.39 is 63.3 Å². The first kappa shape index (κ1) is 36.2. The summed E-state index contributed by atoms with van der Waals surface area (Å²) in [6.07, 6.45) is -1.49. The Morgan fingerprint density at radius 3 is 2.38 bits per heavy atom. The molecule has 0 saturated heterocycles. The number of carbonyl (C=O) groups is 4. The van der Waals surface area contributed by atoms with Crippen LogP contribution in [0, 0.1) is 5.92 Å². The van der Waals surface area contributed by atoms with Gasteiger partial charge in [0.1, 0.15) is 17.1 Å². The number of para-hydroxylation sites is 1.